The number of hydrogen-bond acceptors (Lipinski definition) is 3. The van der Waals surface area contributed by atoms with Gasteiger partial charge in [-0.05, 0) is 42.8 Å². The maximum atomic E-state index is 12.0. The number of nitrogen functional groups attached to an aromatic ring is 1. The highest BCUT2D eigenvalue weighted by atomic mass is 35.5. The fourth-order valence-electron chi connectivity index (χ4n) is 1.68. The lowest BCUT2D eigenvalue weighted by molar-refractivity contribution is -0.113. The fraction of sp³-hybridized carbons (Fsp3) is 0.133. The van der Waals surface area contributed by atoms with E-state index in [1.165, 1.54) is 11.8 Å². The van der Waals surface area contributed by atoms with Crippen LogP contribution in [0.5, 0.6) is 0 Å². The second kappa shape index (κ2) is 7.07. The van der Waals surface area contributed by atoms with Crippen molar-refractivity contribution >= 4 is 52.2 Å². The van der Waals surface area contributed by atoms with Crippen LogP contribution in [0.25, 0.3) is 0 Å². The van der Waals surface area contributed by atoms with Gasteiger partial charge in [-0.1, -0.05) is 29.3 Å². The Balaban J connectivity index is 1.97. The second-order valence-electron chi connectivity index (χ2n) is 4.51. The Hall–Kier alpha value is -1.36. The van der Waals surface area contributed by atoms with Gasteiger partial charge in [0.15, 0.2) is 0 Å². The first-order chi connectivity index (χ1) is 9.95. The molecule has 0 bridgehead atoms. The summed E-state index contributed by atoms with van der Waals surface area (Å²) in [5.41, 5.74) is 7.96. The fourth-order valence-corrected chi connectivity index (χ4v) is 3.03. The van der Waals surface area contributed by atoms with E-state index in [2.05, 4.69) is 5.32 Å². The van der Waals surface area contributed by atoms with Gasteiger partial charge < -0.3 is 11.1 Å². The van der Waals surface area contributed by atoms with Crippen LogP contribution in [0.2, 0.25) is 10.0 Å². The number of thioether (sulfide) groups is 1. The van der Waals surface area contributed by atoms with Gasteiger partial charge in [-0.3, -0.25) is 4.79 Å². The van der Waals surface area contributed by atoms with Gasteiger partial charge in [-0.15, -0.1) is 11.8 Å². The van der Waals surface area contributed by atoms with Crippen LogP contribution in [0.15, 0.2) is 41.3 Å². The SMILES string of the molecule is Cc1ccc(NC(=O)CSc2cc(N)ccc2Cl)c(Cl)c1. The van der Waals surface area contributed by atoms with Crippen LogP contribution in [0.3, 0.4) is 0 Å². The number of hydrogen-bond donors (Lipinski definition) is 2. The molecule has 0 aliphatic heterocycles. The van der Waals surface area contributed by atoms with E-state index in [1.807, 2.05) is 13.0 Å². The number of carbonyl (C=O) groups excluding carboxylic acids is 1. The summed E-state index contributed by atoms with van der Waals surface area (Å²) in [7, 11) is 0. The number of nitrogens with two attached hydrogens (primary N) is 1. The number of halogens is 2. The molecule has 0 spiro atoms. The number of aryl methyl sites for hydroxylation is 1. The zero-order valence-electron chi connectivity index (χ0n) is 11.3. The average molecular weight is 341 g/mol. The predicted molar refractivity (Wildman–Crippen MR) is 91.4 cm³/mol. The van der Waals surface area contributed by atoms with Crippen molar-refractivity contribution < 1.29 is 4.79 Å². The molecule has 0 saturated heterocycles. The Labute approximate surface area is 137 Å². The minimum absolute atomic E-state index is 0.149. The number of nitrogens with one attached hydrogen (secondary N) is 1. The highest BCUT2D eigenvalue weighted by Crippen LogP contribution is 2.29. The summed E-state index contributed by atoms with van der Waals surface area (Å²) in [4.78, 5) is 12.7. The van der Waals surface area contributed by atoms with Gasteiger partial charge in [0.2, 0.25) is 5.91 Å². The minimum atomic E-state index is -0.149. The predicted octanol–water partition coefficient (Wildman–Crippen LogP) is 4.61. The van der Waals surface area contributed by atoms with Gasteiger partial charge in [0.05, 0.1) is 21.5 Å². The van der Waals surface area contributed by atoms with Crippen molar-refractivity contribution in [1.82, 2.24) is 0 Å². The molecule has 0 aliphatic carbocycles. The van der Waals surface area contributed by atoms with Crippen LogP contribution in [0.4, 0.5) is 11.4 Å². The molecule has 2 aromatic carbocycles. The van der Waals surface area contributed by atoms with Crippen LogP contribution in [0, 0.1) is 6.92 Å². The van der Waals surface area contributed by atoms with E-state index in [0.29, 0.717) is 21.4 Å². The summed E-state index contributed by atoms with van der Waals surface area (Å²) >= 11 is 13.5. The Bertz CT molecular complexity index is 677. The zero-order chi connectivity index (χ0) is 15.4. The molecule has 2 rings (SSSR count). The number of benzene rings is 2. The van der Waals surface area contributed by atoms with E-state index in [9.17, 15) is 4.79 Å². The molecule has 0 aromatic heterocycles. The minimum Gasteiger partial charge on any atom is -0.399 e. The lowest BCUT2D eigenvalue weighted by Crippen LogP contribution is -2.14. The van der Waals surface area contributed by atoms with E-state index in [4.69, 9.17) is 28.9 Å². The van der Waals surface area contributed by atoms with Crippen molar-refractivity contribution in [3.05, 3.63) is 52.0 Å². The molecule has 0 heterocycles. The van der Waals surface area contributed by atoms with Gasteiger partial charge >= 0.3 is 0 Å². The highest BCUT2D eigenvalue weighted by molar-refractivity contribution is 8.00. The van der Waals surface area contributed by atoms with Crippen molar-refractivity contribution in [3.8, 4) is 0 Å². The van der Waals surface area contributed by atoms with Gasteiger partial charge in [-0.25, -0.2) is 0 Å². The van der Waals surface area contributed by atoms with Gasteiger partial charge in [0.1, 0.15) is 0 Å². The average Bonchev–Trinajstić information content (AvgIpc) is 2.43. The Morgan fingerprint density at radius 3 is 2.67 bits per heavy atom. The molecule has 110 valence electrons. The Kier molecular flexibility index (Phi) is 5.39. The first-order valence-corrected chi connectivity index (χ1v) is 7.93. The molecule has 0 unspecified atom stereocenters. The highest BCUT2D eigenvalue weighted by Gasteiger charge is 2.09. The summed E-state index contributed by atoms with van der Waals surface area (Å²) in [5.74, 6) is 0.0807. The van der Waals surface area contributed by atoms with Crippen molar-refractivity contribution in [3.63, 3.8) is 0 Å². The molecule has 0 fully saturated rings. The van der Waals surface area contributed by atoms with Gasteiger partial charge in [-0.2, -0.15) is 0 Å². The summed E-state index contributed by atoms with van der Waals surface area (Å²) in [6.07, 6.45) is 0. The van der Waals surface area contributed by atoms with Crippen LogP contribution in [-0.2, 0) is 4.79 Å². The molecule has 0 atom stereocenters. The first kappa shape index (κ1) is 16.0. The maximum Gasteiger partial charge on any atom is 0.234 e. The van der Waals surface area contributed by atoms with Crippen LogP contribution in [-0.4, -0.2) is 11.7 Å². The van der Waals surface area contributed by atoms with Crippen molar-refractivity contribution in [1.29, 1.82) is 0 Å². The summed E-state index contributed by atoms with van der Waals surface area (Å²) in [6, 6.07) is 10.7. The lowest BCUT2D eigenvalue weighted by atomic mass is 10.2. The quantitative estimate of drug-likeness (QED) is 0.630. The standard InChI is InChI=1S/C15H14Cl2N2OS/c1-9-2-5-13(12(17)6-9)19-15(20)8-21-14-7-10(18)3-4-11(14)16/h2-7H,8,18H2,1H3,(H,19,20). The monoisotopic (exact) mass is 340 g/mol. The maximum absolute atomic E-state index is 12.0. The van der Waals surface area contributed by atoms with Crippen LogP contribution < -0.4 is 11.1 Å². The van der Waals surface area contributed by atoms with Gasteiger partial charge in [0.25, 0.3) is 0 Å². The molecule has 21 heavy (non-hydrogen) atoms. The molecule has 0 aliphatic rings. The summed E-state index contributed by atoms with van der Waals surface area (Å²) < 4.78 is 0. The Morgan fingerprint density at radius 2 is 1.95 bits per heavy atom. The third-order valence-corrected chi connectivity index (χ3v) is 4.52. The second-order valence-corrected chi connectivity index (χ2v) is 6.34. The van der Waals surface area contributed by atoms with Crippen LogP contribution >= 0.6 is 35.0 Å². The summed E-state index contributed by atoms with van der Waals surface area (Å²) in [6.45, 7) is 1.94. The lowest BCUT2D eigenvalue weighted by Gasteiger charge is -2.08. The molecule has 3 nitrogen and oxygen atoms in total. The number of anilines is 2. The van der Waals surface area contributed by atoms with Crippen molar-refractivity contribution in [2.24, 2.45) is 0 Å². The topological polar surface area (TPSA) is 55.1 Å². The molecule has 0 radical (unpaired) electrons. The van der Waals surface area contributed by atoms with Crippen molar-refractivity contribution in [2.75, 3.05) is 16.8 Å². The molecule has 0 saturated carbocycles. The van der Waals surface area contributed by atoms with E-state index >= 15 is 0 Å². The largest absolute Gasteiger partial charge is 0.399 e. The van der Waals surface area contributed by atoms with Gasteiger partial charge in [0, 0.05) is 10.6 Å². The number of rotatable bonds is 4. The first-order valence-electron chi connectivity index (χ1n) is 6.19. The zero-order valence-corrected chi connectivity index (χ0v) is 13.6. The molecule has 1 amide bonds. The molecule has 2 aromatic rings. The smallest absolute Gasteiger partial charge is 0.234 e. The normalized spacial score (nSPS) is 10.4. The third kappa shape index (κ3) is 4.56. The van der Waals surface area contributed by atoms with E-state index in [1.54, 1.807) is 30.3 Å². The number of amides is 1. The number of carbonyl (C=O) groups is 1. The van der Waals surface area contributed by atoms with E-state index < -0.39 is 0 Å². The van der Waals surface area contributed by atoms with E-state index in [0.717, 1.165) is 10.5 Å². The Morgan fingerprint density at radius 1 is 1.19 bits per heavy atom. The third-order valence-electron chi connectivity index (χ3n) is 2.71. The summed E-state index contributed by atoms with van der Waals surface area (Å²) in [5, 5.41) is 3.88. The van der Waals surface area contributed by atoms with E-state index in [-0.39, 0.29) is 11.7 Å². The van der Waals surface area contributed by atoms with Crippen molar-refractivity contribution in [2.45, 2.75) is 11.8 Å². The molecule has 6 heteroatoms. The molecule has 3 N–H and O–H groups in total. The molecular formula is C15H14Cl2N2OS. The van der Waals surface area contributed by atoms with Crippen LogP contribution in [0.1, 0.15) is 5.56 Å². The molecular weight excluding hydrogens is 327 g/mol.